The number of ether oxygens (including phenoxy) is 1. The van der Waals surface area contributed by atoms with Crippen LogP contribution < -0.4 is 10.6 Å². The van der Waals surface area contributed by atoms with Crippen LogP contribution in [0.5, 0.6) is 0 Å². The number of nitrogens with zero attached hydrogens (tertiary/aromatic N) is 2. The van der Waals surface area contributed by atoms with Gasteiger partial charge in [0.05, 0.1) is 19.3 Å². The van der Waals surface area contributed by atoms with Crippen LogP contribution in [0.1, 0.15) is 30.9 Å². The lowest BCUT2D eigenvalue weighted by molar-refractivity contribution is 0.0124. The van der Waals surface area contributed by atoms with E-state index in [0.717, 1.165) is 56.2 Å². The highest BCUT2D eigenvalue weighted by Crippen LogP contribution is 2.29. The lowest BCUT2D eigenvalue weighted by Gasteiger charge is -2.33. The molecule has 7 heteroatoms. The number of morpholine rings is 1. The SMILES string of the molecule is CN=C(NCC(c1ccc(C)o1)N1CCOCC1)NC1CC1C.I. The lowest BCUT2D eigenvalue weighted by Crippen LogP contribution is -2.46. The number of guanidine groups is 1. The van der Waals surface area contributed by atoms with Gasteiger partial charge in [-0.1, -0.05) is 6.92 Å². The largest absolute Gasteiger partial charge is 0.465 e. The van der Waals surface area contributed by atoms with Gasteiger partial charge < -0.3 is 19.8 Å². The summed E-state index contributed by atoms with van der Waals surface area (Å²) >= 11 is 0. The zero-order valence-corrected chi connectivity index (χ0v) is 17.1. The summed E-state index contributed by atoms with van der Waals surface area (Å²) in [5.41, 5.74) is 0. The Kier molecular flexibility index (Phi) is 7.36. The van der Waals surface area contributed by atoms with Crippen molar-refractivity contribution < 1.29 is 9.15 Å². The average Bonchev–Trinajstić information content (AvgIpc) is 3.09. The van der Waals surface area contributed by atoms with Gasteiger partial charge in [0.15, 0.2) is 5.96 Å². The number of hydrogen-bond donors (Lipinski definition) is 2. The van der Waals surface area contributed by atoms with E-state index in [0.29, 0.717) is 6.04 Å². The molecule has 0 amide bonds. The van der Waals surface area contributed by atoms with Crippen LogP contribution in [0, 0.1) is 12.8 Å². The van der Waals surface area contributed by atoms with Crippen LogP contribution in [-0.2, 0) is 4.74 Å². The number of nitrogens with one attached hydrogen (secondary N) is 2. The van der Waals surface area contributed by atoms with Crippen molar-refractivity contribution in [3.05, 3.63) is 23.7 Å². The molecule has 3 rings (SSSR count). The number of halogens is 1. The molecule has 2 fully saturated rings. The highest BCUT2D eigenvalue weighted by molar-refractivity contribution is 14.0. The van der Waals surface area contributed by atoms with Gasteiger partial charge in [-0.05, 0) is 31.4 Å². The minimum Gasteiger partial charge on any atom is -0.465 e. The van der Waals surface area contributed by atoms with E-state index in [1.807, 2.05) is 20.0 Å². The van der Waals surface area contributed by atoms with Gasteiger partial charge in [0.2, 0.25) is 0 Å². The van der Waals surface area contributed by atoms with E-state index in [-0.39, 0.29) is 30.0 Å². The monoisotopic (exact) mass is 448 g/mol. The Morgan fingerprint density at radius 3 is 2.62 bits per heavy atom. The molecule has 0 radical (unpaired) electrons. The molecular weight excluding hydrogens is 419 g/mol. The second kappa shape index (κ2) is 9.05. The molecule has 24 heavy (non-hydrogen) atoms. The molecular formula is C17H29IN4O2. The highest BCUT2D eigenvalue weighted by atomic mass is 127. The fourth-order valence-electron chi connectivity index (χ4n) is 3.02. The third-order valence-corrected chi connectivity index (χ3v) is 4.69. The minimum atomic E-state index is 0. The van der Waals surface area contributed by atoms with Crippen molar-refractivity contribution in [2.45, 2.75) is 32.4 Å². The van der Waals surface area contributed by atoms with Crippen LogP contribution >= 0.6 is 24.0 Å². The summed E-state index contributed by atoms with van der Waals surface area (Å²) in [5, 5.41) is 6.93. The van der Waals surface area contributed by atoms with Gasteiger partial charge in [0.25, 0.3) is 0 Å². The van der Waals surface area contributed by atoms with Crippen LogP contribution in [0.2, 0.25) is 0 Å². The molecule has 0 aromatic carbocycles. The molecule has 1 saturated carbocycles. The number of hydrogen-bond acceptors (Lipinski definition) is 4. The zero-order valence-electron chi connectivity index (χ0n) is 14.7. The highest BCUT2D eigenvalue weighted by Gasteiger charge is 2.33. The van der Waals surface area contributed by atoms with Crippen LogP contribution in [-0.4, -0.2) is 56.8 Å². The molecule has 1 aromatic rings. The van der Waals surface area contributed by atoms with E-state index < -0.39 is 0 Å². The molecule has 0 bridgehead atoms. The topological polar surface area (TPSA) is 62.0 Å². The predicted octanol–water partition coefficient (Wildman–Crippen LogP) is 2.15. The summed E-state index contributed by atoms with van der Waals surface area (Å²) in [6, 6.07) is 4.87. The summed E-state index contributed by atoms with van der Waals surface area (Å²) in [6.07, 6.45) is 1.23. The second-order valence-corrected chi connectivity index (χ2v) is 6.53. The molecule has 1 aromatic heterocycles. The van der Waals surface area contributed by atoms with Gasteiger partial charge in [-0.2, -0.15) is 0 Å². The summed E-state index contributed by atoms with van der Waals surface area (Å²) in [5.74, 6) is 3.58. The molecule has 2 aliphatic rings. The van der Waals surface area contributed by atoms with Crippen LogP contribution in [0.4, 0.5) is 0 Å². The molecule has 1 aliphatic heterocycles. The molecule has 0 spiro atoms. The van der Waals surface area contributed by atoms with E-state index in [9.17, 15) is 0 Å². The molecule has 2 N–H and O–H groups in total. The second-order valence-electron chi connectivity index (χ2n) is 6.53. The van der Waals surface area contributed by atoms with Crippen molar-refractivity contribution in [1.29, 1.82) is 0 Å². The average molecular weight is 448 g/mol. The fourth-order valence-corrected chi connectivity index (χ4v) is 3.02. The third-order valence-electron chi connectivity index (χ3n) is 4.69. The van der Waals surface area contributed by atoms with Crippen molar-refractivity contribution in [3.63, 3.8) is 0 Å². The lowest BCUT2D eigenvalue weighted by atomic mass is 10.1. The van der Waals surface area contributed by atoms with E-state index in [1.54, 1.807) is 0 Å². The smallest absolute Gasteiger partial charge is 0.191 e. The quantitative estimate of drug-likeness (QED) is 0.411. The van der Waals surface area contributed by atoms with Gasteiger partial charge in [-0.25, -0.2) is 0 Å². The maximum absolute atomic E-state index is 5.89. The minimum absolute atomic E-state index is 0. The Balaban J connectivity index is 0.00000208. The summed E-state index contributed by atoms with van der Waals surface area (Å²) in [4.78, 5) is 6.76. The molecule has 6 nitrogen and oxygen atoms in total. The third kappa shape index (κ3) is 5.10. The maximum atomic E-state index is 5.89. The molecule has 1 saturated heterocycles. The van der Waals surface area contributed by atoms with Crippen molar-refractivity contribution in [2.24, 2.45) is 10.9 Å². The van der Waals surface area contributed by atoms with E-state index in [2.05, 4.69) is 33.5 Å². The Bertz CT molecular complexity index is 542. The zero-order chi connectivity index (χ0) is 16.2. The van der Waals surface area contributed by atoms with Crippen molar-refractivity contribution >= 4 is 29.9 Å². The number of aryl methyl sites for hydroxylation is 1. The number of furan rings is 1. The fraction of sp³-hybridized carbons (Fsp3) is 0.706. The first kappa shape index (κ1) is 19.5. The van der Waals surface area contributed by atoms with Gasteiger partial charge >= 0.3 is 0 Å². The van der Waals surface area contributed by atoms with Crippen molar-refractivity contribution in [2.75, 3.05) is 39.9 Å². The van der Waals surface area contributed by atoms with E-state index in [1.165, 1.54) is 6.42 Å². The summed E-state index contributed by atoms with van der Waals surface area (Å²) < 4.78 is 11.4. The molecule has 3 unspecified atom stereocenters. The van der Waals surface area contributed by atoms with E-state index >= 15 is 0 Å². The Labute approximate surface area is 161 Å². The van der Waals surface area contributed by atoms with Gasteiger partial charge in [0.1, 0.15) is 11.5 Å². The standard InChI is InChI=1S/C17H28N4O2.HI/c1-12-10-14(12)20-17(18-3)19-11-15(16-5-4-13(2)23-16)21-6-8-22-9-7-21;/h4-5,12,14-15H,6-11H2,1-3H3,(H2,18,19,20);1H. The van der Waals surface area contributed by atoms with Gasteiger partial charge in [-0.15, -0.1) is 24.0 Å². The first-order valence-corrected chi connectivity index (χ1v) is 8.52. The molecule has 3 atom stereocenters. The first-order valence-electron chi connectivity index (χ1n) is 8.52. The molecule has 1 aliphatic carbocycles. The normalized spacial score (nSPS) is 25.7. The maximum Gasteiger partial charge on any atom is 0.191 e. The summed E-state index contributed by atoms with van der Waals surface area (Å²) in [7, 11) is 1.82. The van der Waals surface area contributed by atoms with Crippen LogP contribution in [0.3, 0.4) is 0 Å². The Hall–Kier alpha value is -0.800. The Morgan fingerprint density at radius 1 is 1.38 bits per heavy atom. The van der Waals surface area contributed by atoms with Crippen LogP contribution in [0.15, 0.2) is 21.5 Å². The van der Waals surface area contributed by atoms with E-state index in [4.69, 9.17) is 9.15 Å². The molecule has 136 valence electrons. The van der Waals surface area contributed by atoms with Crippen LogP contribution in [0.25, 0.3) is 0 Å². The summed E-state index contributed by atoms with van der Waals surface area (Å²) in [6.45, 7) is 8.43. The predicted molar refractivity (Wildman–Crippen MR) is 106 cm³/mol. The van der Waals surface area contributed by atoms with Crippen molar-refractivity contribution in [1.82, 2.24) is 15.5 Å². The number of aliphatic imine (C=N–C) groups is 1. The van der Waals surface area contributed by atoms with Crippen molar-refractivity contribution in [3.8, 4) is 0 Å². The molecule has 2 heterocycles. The Morgan fingerprint density at radius 2 is 2.08 bits per heavy atom. The number of rotatable bonds is 5. The first-order chi connectivity index (χ1) is 11.2. The van der Waals surface area contributed by atoms with Gasteiger partial charge in [-0.3, -0.25) is 9.89 Å². The van der Waals surface area contributed by atoms with Gasteiger partial charge in [0, 0.05) is 32.7 Å².